The van der Waals surface area contributed by atoms with Gasteiger partial charge in [0.15, 0.2) is 16.9 Å². The Balaban J connectivity index is 1.90. The van der Waals surface area contributed by atoms with E-state index >= 15 is 0 Å². The fraction of sp³-hybridized carbons (Fsp3) is 0.480. The smallest absolute Gasteiger partial charge is 0.203 e. The van der Waals surface area contributed by atoms with E-state index in [0.29, 0.717) is 40.5 Å². The predicted octanol–water partition coefficient (Wildman–Crippen LogP) is 1.48. The number of hydrogen-bond acceptors (Lipinski definition) is 10. The molecule has 4 N–H and O–H groups in total. The van der Waals surface area contributed by atoms with E-state index < -0.39 is 30.6 Å². The van der Waals surface area contributed by atoms with E-state index in [9.17, 15) is 20.1 Å². The van der Waals surface area contributed by atoms with Crippen LogP contribution in [0.5, 0.6) is 17.2 Å². The van der Waals surface area contributed by atoms with Gasteiger partial charge in [-0.15, -0.1) is 11.8 Å². The molecule has 0 unspecified atom stereocenters. The van der Waals surface area contributed by atoms with Crippen molar-refractivity contribution in [2.75, 3.05) is 34.2 Å². The highest BCUT2D eigenvalue weighted by Gasteiger charge is 2.39. The van der Waals surface area contributed by atoms with Crippen LogP contribution in [0.1, 0.15) is 23.6 Å². The zero-order valence-corrected chi connectivity index (χ0v) is 20.9. The number of methoxy groups -OCH3 is 3. The Hall–Kier alpha value is -2.34. The second kappa shape index (κ2) is 10.7. The summed E-state index contributed by atoms with van der Waals surface area (Å²) in [5, 5.41) is 33.8. The van der Waals surface area contributed by atoms with Crippen LogP contribution < -0.4 is 25.0 Å². The van der Waals surface area contributed by atoms with Gasteiger partial charge in [-0.3, -0.25) is 10.1 Å². The van der Waals surface area contributed by atoms with Crippen LogP contribution in [0.2, 0.25) is 0 Å². The number of fused-ring (bicyclic) bond motifs is 3. The van der Waals surface area contributed by atoms with Crippen LogP contribution in [0.4, 0.5) is 0 Å². The molecular formula is C25H31NO8S. The summed E-state index contributed by atoms with van der Waals surface area (Å²) >= 11 is 1.36. The van der Waals surface area contributed by atoms with Crippen molar-refractivity contribution in [1.29, 1.82) is 0 Å². The van der Waals surface area contributed by atoms with Gasteiger partial charge in [-0.05, 0) is 54.0 Å². The molecule has 0 spiro atoms. The Bertz CT molecular complexity index is 1140. The molecule has 35 heavy (non-hydrogen) atoms. The summed E-state index contributed by atoms with van der Waals surface area (Å²) in [5.41, 5.74) is 3.10. The molecule has 1 aliphatic heterocycles. The second-order valence-electron chi connectivity index (χ2n) is 8.52. The van der Waals surface area contributed by atoms with Crippen LogP contribution in [0.25, 0.3) is 11.1 Å². The summed E-state index contributed by atoms with van der Waals surface area (Å²) < 4.78 is 22.6. The molecule has 1 aliphatic carbocycles. The maximum absolute atomic E-state index is 13.0. The van der Waals surface area contributed by atoms with Gasteiger partial charge in [0.25, 0.3) is 0 Å². The molecule has 4 rings (SSSR count). The van der Waals surface area contributed by atoms with Crippen LogP contribution in [-0.2, 0) is 11.2 Å². The zero-order valence-electron chi connectivity index (χ0n) is 20.1. The van der Waals surface area contributed by atoms with Gasteiger partial charge in [0.2, 0.25) is 5.75 Å². The highest BCUT2D eigenvalue weighted by atomic mass is 32.2. The largest absolute Gasteiger partial charge is 0.493 e. The summed E-state index contributed by atoms with van der Waals surface area (Å²) in [6.45, 7) is -0.121. The lowest BCUT2D eigenvalue weighted by atomic mass is 9.95. The van der Waals surface area contributed by atoms with E-state index in [1.807, 2.05) is 18.4 Å². The number of benzene rings is 1. The molecule has 2 aromatic rings. The summed E-state index contributed by atoms with van der Waals surface area (Å²) in [6.07, 6.45) is -1.79. The van der Waals surface area contributed by atoms with Gasteiger partial charge in [0, 0.05) is 11.6 Å². The average Bonchev–Trinajstić information content (AvgIpc) is 3.11. The minimum absolute atomic E-state index is 0.121. The molecule has 2 aromatic carbocycles. The second-order valence-corrected chi connectivity index (χ2v) is 9.37. The van der Waals surface area contributed by atoms with E-state index in [2.05, 4.69) is 5.32 Å². The number of rotatable bonds is 6. The molecule has 1 saturated heterocycles. The number of ether oxygens (including phenoxy) is 4. The van der Waals surface area contributed by atoms with Crippen LogP contribution in [0.15, 0.2) is 34.0 Å². The fourth-order valence-electron chi connectivity index (χ4n) is 4.79. The SMILES string of the molecule is COc1cc2c(c(OC)c1OC)-c1ccc(SC)c(=O)cc1[C@@H](N[C@@H]1OC[C@H](O)[C@H](O)[C@H]1O)CC2. The molecule has 9 nitrogen and oxygen atoms in total. The van der Waals surface area contributed by atoms with Crippen molar-refractivity contribution in [3.05, 3.63) is 45.6 Å². The minimum atomic E-state index is -1.35. The first-order chi connectivity index (χ1) is 16.8. The fourth-order valence-corrected chi connectivity index (χ4v) is 5.26. The van der Waals surface area contributed by atoms with Crippen molar-refractivity contribution < 1.29 is 34.3 Å². The summed E-state index contributed by atoms with van der Waals surface area (Å²) in [4.78, 5) is 13.6. The van der Waals surface area contributed by atoms with Crippen molar-refractivity contribution in [3.8, 4) is 28.4 Å². The van der Waals surface area contributed by atoms with Crippen molar-refractivity contribution >= 4 is 11.8 Å². The Kier molecular flexibility index (Phi) is 7.89. The van der Waals surface area contributed by atoms with E-state index in [0.717, 1.165) is 16.7 Å². The van der Waals surface area contributed by atoms with Gasteiger partial charge in [0.05, 0.1) is 32.8 Å². The Labute approximate surface area is 208 Å². The molecule has 10 heteroatoms. The lowest BCUT2D eigenvalue weighted by Gasteiger charge is -2.37. The third kappa shape index (κ3) is 4.74. The van der Waals surface area contributed by atoms with Gasteiger partial charge in [-0.1, -0.05) is 6.07 Å². The standard InChI is InChI=1S/C25H31NO8S/c1-31-18-9-12-5-7-15(26-25-22(30)21(29)17(28)11-34-25)14-10-16(27)19(35-4)8-6-13(14)20(12)24(33-3)23(18)32-2/h6,8-10,15,17,21-22,25-26,28-30H,5,7,11H2,1-4H3/t15-,17-,21-,22+,25+/m0/s1. The lowest BCUT2D eigenvalue weighted by molar-refractivity contribution is -0.197. The molecule has 0 saturated carbocycles. The monoisotopic (exact) mass is 505 g/mol. The van der Waals surface area contributed by atoms with Gasteiger partial charge in [-0.2, -0.15) is 0 Å². The highest BCUT2D eigenvalue weighted by Crippen LogP contribution is 2.50. The van der Waals surface area contributed by atoms with Crippen molar-refractivity contribution in [2.24, 2.45) is 0 Å². The van der Waals surface area contributed by atoms with Gasteiger partial charge in [-0.25, -0.2) is 0 Å². The third-order valence-corrected chi connectivity index (χ3v) is 7.36. The Morgan fingerprint density at radius 1 is 1.03 bits per heavy atom. The molecule has 5 atom stereocenters. The van der Waals surface area contributed by atoms with Crippen molar-refractivity contribution in [3.63, 3.8) is 0 Å². The van der Waals surface area contributed by atoms with E-state index in [1.54, 1.807) is 33.5 Å². The van der Waals surface area contributed by atoms with Crippen LogP contribution in [-0.4, -0.2) is 74.1 Å². The number of hydrogen-bond donors (Lipinski definition) is 4. The topological polar surface area (TPSA) is 127 Å². The molecule has 0 aromatic heterocycles. The average molecular weight is 506 g/mol. The molecule has 0 bridgehead atoms. The maximum Gasteiger partial charge on any atom is 0.203 e. The first-order valence-electron chi connectivity index (χ1n) is 11.3. The summed E-state index contributed by atoms with van der Waals surface area (Å²) in [5.74, 6) is 1.49. The van der Waals surface area contributed by atoms with Gasteiger partial charge in [0.1, 0.15) is 24.5 Å². The van der Waals surface area contributed by atoms with E-state index in [1.165, 1.54) is 11.8 Å². The maximum atomic E-state index is 13.0. The number of nitrogens with one attached hydrogen (secondary N) is 1. The summed E-state index contributed by atoms with van der Waals surface area (Å²) in [7, 11) is 4.67. The molecule has 190 valence electrons. The minimum Gasteiger partial charge on any atom is -0.493 e. The summed E-state index contributed by atoms with van der Waals surface area (Å²) in [6, 6.07) is 6.79. The zero-order chi connectivity index (χ0) is 25.3. The quantitative estimate of drug-likeness (QED) is 0.429. The van der Waals surface area contributed by atoms with Crippen LogP contribution in [0, 0.1) is 0 Å². The number of aliphatic hydroxyl groups is 3. The predicted molar refractivity (Wildman–Crippen MR) is 132 cm³/mol. The molecule has 1 fully saturated rings. The van der Waals surface area contributed by atoms with E-state index in [4.69, 9.17) is 18.9 Å². The lowest BCUT2D eigenvalue weighted by Crippen LogP contribution is -2.58. The van der Waals surface area contributed by atoms with Gasteiger partial charge >= 0.3 is 0 Å². The van der Waals surface area contributed by atoms with E-state index in [-0.39, 0.29) is 12.0 Å². The number of aryl methyl sites for hydroxylation is 1. The first kappa shape index (κ1) is 25.7. The molecular weight excluding hydrogens is 474 g/mol. The number of aliphatic hydroxyl groups excluding tert-OH is 3. The van der Waals surface area contributed by atoms with Crippen LogP contribution in [0.3, 0.4) is 0 Å². The molecule has 0 amide bonds. The highest BCUT2D eigenvalue weighted by molar-refractivity contribution is 7.98. The van der Waals surface area contributed by atoms with Crippen molar-refractivity contribution in [1.82, 2.24) is 5.32 Å². The van der Waals surface area contributed by atoms with Crippen molar-refractivity contribution in [2.45, 2.75) is 48.3 Å². The third-order valence-electron chi connectivity index (χ3n) is 6.59. The molecule has 1 heterocycles. The van der Waals surface area contributed by atoms with Gasteiger partial charge < -0.3 is 34.3 Å². The Morgan fingerprint density at radius 2 is 1.77 bits per heavy atom. The van der Waals surface area contributed by atoms with Crippen LogP contribution >= 0.6 is 11.8 Å². The molecule has 0 radical (unpaired) electrons. The normalized spacial score (nSPS) is 25.7. The molecule has 2 aliphatic rings. The number of thioether (sulfide) groups is 1. The Morgan fingerprint density at radius 3 is 2.43 bits per heavy atom. The first-order valence-corrected chi connectivity index (χ1v) is 12.5.